The van der Waals surface area contributed by atoms with Gasteiger partial charge in [-0.15, -0.1) is 17.9 Å². The van der Waals surface area contributed by atoms with E-state index < -0.39 is 0 Å². The minimum Gasteiger partial charge on any atom is -0.337 e. The molecule has 1 N–H and O–H groups in total. The van der Waals surface area contributed by atoms with Crippen LogP contribution >= 0.6 is 11.3 Å². The number of benzene rings is 1. The van der Waals surface area contributed by atoms with Crippen LogP contribution in [0.3, 0.4) is 0 Å². The normalized spacial score (nSPS) is 18.4. The molecule has 1 fully saturated rings. The molecular formula is C27H33N5OS. The first-order valence-electron chi connectivity index (χ1n) is 12.4. The number of nitrogens with zero attached hydrogens (tertiary/aromatic N) is 4. The molecule has 0 spiro atoms. The van der Waals surface area contributed by atoms with Gasteiger partial charge in [-0.05, 0) is 32.1 Å². The van der Waals surface area contributed by atoms with Crippen molar-refractivity contribution in [2.75, 3.05) is 13.1 Å². The van der Waals surface area contributed by atoms with Crippen LogP contribution in [0.15, 0.2) is 48.4 Å². The fourth-order valence-electron chi connectivity index (χ4n) is 5.10. The molecule has 2 aliphatic rings. The Balaban J connectivity index is 1.29. The van der Waals surface area contributed by atoms with Crippen LogP contribution in [0, 0.1) is 0 Å². The summed E-state index contributed by atoms with van der Waals surface area (Å²) < 4.78 is 2.00. The Morgan fingerprint density at radius 3 is 2.74 bits per heavy atom. The van der Waals surface area contributed by atoms with Gasteiger partial charge in [0.25, 0.3) is 5.91 Å². The van der Waals surface area contributed by atoms with Gasteiger partial charge in [-0.1, -0.05) is 49.2 Å². The Bertz CT molecular complexity index is 1130. The van der Waals surface area contributed by atoms with Crippen LogP contribution < -0.4 is 5.32 Å². The molecule has 1 saturated heterocycles. The fourth-order valence-corrected chi connectivity index (χ4v) is 5.85. The zero-order chi connectivity index (χ0) is 23.3. The molecule has 1 aliphatic heterocycles. The van der Waals surface area contributed by atoms with Crippen molar-refractivity contribution < 1.29 is 4.79 Å². The Morgan fingerprint density at radius 1 is 1.18 bits per heavy atom. The molecule has 1 aromatic carbocycles. The Kier molecular flexibility index (Phi) is 7.21. The maximum Gasteiger partial charge on any atom is 0.274 e. The summed E-state index contributed by atoms with van der Waals surface area (Å²) in [4.78, 5) is 20.3. The standard InChI is InChI=1S/C27H33N5OS/c1-2-14-32-24-13-12-21(28-18-25-29-23(19-34-25)20-10-6-5-7-11-20)17-22(24)26(30-32)27(33)31-15-8-3-4-9-16-31/h2,5-7,10-11,19,21,28H,1,3-4,8-9,12-18H2. The highest BCUT2D eigenvalue weighted by Crippen LogP contribution is 2.28. The van der Waals surface area contributed by atoms with Crippen LogP contribution in [0.5, 0.6) is 0 Å². The predicted octanol–water partition coefficient (Wildman–Crippen LogP) is 4.86. The van der Waals surface area contributed by atoms with Crippen molar-refractivity contribution in [3.05, 3.63) is 70.3 Å². The summed E-state index contributed by atoms with van der Waals surface area (Å²) in [5, 5.41) is 11.7. The van der Waals surface area contributed by atoms with Crippen LogP contribution in [-0.2, 0) is 25.9 Å². The van der Waals surface area contributed by atoms with Crippen molar-refractivity contribution in [2.24, 2.45) is 0 Å². The molecule has 1 unspecified atom stereocenters. The highest BCUT2D eigenvalue weighted by atomic mass is 32.1. The number of likely N-dealkylation sites (tertiary alicyclic amines) is 1. The lowest BCUT2D eigenvalue weighted by atomic mass is 9.91. The molecule has 6 nitrogen and oxygen atoms in total. The number of hydrogen-bond acceptors (Lipinski definition) is 5. The van der Waals surface area contributed by atoms with Crippen molar-refractivity contribution in [3.63, 3.8) is 0 Å². The van der Waals surface area contributed by atoms with Gasteiger partial charge in [0.1, 0.15) is 5.01 Å². The zero-order valence-corrected chi connectivity index (χ0v) is 20.5. The number of aromatic nitrogens is 3. The number of rotatable bonds is 7. The molecule has 3 heterocycles. The second kappa shape index (κ2) is 10.7. The topological polar surface area (TPSA) is 63.1 Å². The number of nitrogens with one attached hydrogen (secondary N) is 1. The van der Waals surface area contributed by atoms with Gasteiger partial charge < -0.3 is 10.2 Å². The number of fused-ring (bicyclic) bond motifs is 1. The van der Waals surface area contributed by atoms with Gasteiger partial charge >= 0.3 is 0 Å². The first kappa shape index (κ1) is 23.0. The highest BCUT2D eigenvalue weighted by Gasteiger charge is 2.31. The molecule has 2 aromatic heterocycles. The van der Waals surface area contributed by atoms with Gasteiger partial charge in [0.15, 0.2) is 5.69 Å². The molecule has 1 aliphatic carbocycles. The van der Waals surface area contributed by atoms with E-state index in [0.29, 0.717) is 18.3 Å². The largest absolute Gasteiger partial charge is 0.337 e. The van der Waals surface area contributed by atoms with E-state index in [4.69, 9.17) is 10.1 Å². The van der Waals surface area contributed by atoms with E-state index in [-0.39, 0.29) is 5.91 Å². The summed E-state index contributed by atoms with van der Waals surface area (Å²) in [7, 11) is 0. The number of amides is 1. The summed E-state index contributed by atoms with van der Waals surface area (Å²) in [6.07, 6.45) is 9.25. The third-order valence-corrected chi connectivity index (χ3v) is 7.76. The van der Waals surface area contributed by atoms with Crippen LogP contribution in [0.4, 0.5) is 0 Å². The SMILES string of the molecule is C=CCn1nc(C(=O)N2CCCCCC2)c2c1CCC(NCc1nc(-c3ccccc3)cs1)C2. The van der Waals surface area contributed by atoms with Gasteiger partial charge in [0.05, 0.1) is 12.2 Å². The molecular weight excluding hydrogens is 442 g/mol. The van der Waals surface area contributed by atoms with Gasteiger partial charge in [0.2, 0.25) is 0 Å². The van der Waals surface area contributed by atoms with Crippen LogP contribution in [0.2, 0.25) is 0 Å². The first-order valence-corrected chi connectivity index (χ1v) is 13.3. The van der Waals surface area contributed by atoms with E-state index in [1.165, 1.54) is 18.5 Å². The Hall–Kier alpha value is -2.77. The average molecular weight is 476 g/mol. The smallest absolute Gasteiger partial charge is 0.274 e. The van der Waals surface area contributed by atoms with E-state index in [1.807, 2.05) is 33.9 Å². The van der Waals surface area contributed by atoms with Crippen molar-refractivity contribution >= 4 is 17.2 Å². The first-order chi connectivity index (χ1) is 16.7. The molecule has 1 amide bonds. The Morgan fingerprint density at radius 2 is 1.97 bits per heavy atom. The number of allylic oxidation sites excluding steroid dienone is 1. The fraction of sp³-hybridized carbons (Fsp3) is 0.444. The molecule has 0 saturated carbocycles. The summed E-state index contributed by atoms with van der Waals surface area (Å²) in [5.41, 5.74) is 5.18. The van der Waals surface area contributed by atoms with Crippen molar-refractivity contribution in [2.45, 2.75) is 64.1 Å². The summed E-state index contributed by atoms with van der Waals surface area (Å²) in [6, 6.07) is 10.6. The van der Waals surface area contributed by atoms with Crippen LogP contribution in [0.1, 0.15) is 58.9 Å². The van der Waals surface area contributed by atoms with Gasteiger partial charge in [0, 0.05) is 47.9 Å². The quantitative estimate of drug-likeness (QED) is 0.496. The lowest BCUT2D eigenvalue weighted by molar-refractivity contribution is 0.0753. The second-order valence-electron chi connectivity index (χ2n) is 9.26. The maximum absolute atomic E-state index is 13.5. The number of carbonyl (C=O) groups excluding carboxylic acids is 1. The number of hydrogen-bond donors (Lipinski definition) is 1. The molecule has 0 bridgehead atoms. The average Bonchev–Trinajstić information content (AvgIpc) is 3.38. The van der Waals surface area contributed by atoms with Crippen LogP contribution in [-0.4, -0.2) is 44.7 Å². The molecule has 34 heavy (non-hydrogen) atoms. The van der Waals surface area contributed by atoms with Gasteiger partial charge in [-0.2, -0.15) is 5.10 Å². The Labute approximate surface area is 205 Å². The minimum atomic E-state index is 0.106. The minimum absolute atomic E-state index is 0.106. The maximum atomic E-state index is 13.5. The molecule has 3 aromatic rings. The number of thiazole rings is 1. The van der Waals surface area contributed by atoms with Crippen molar-refractivity contribution in [1.82, 2.24) is 25.0 Å². The highest BCUT2D eigenvalue weighted by molar-refractivity contribution is 7.09. The van der Waals surface area contributed by atoms with E-state index >= 15 is 0 Å². The molecule has 5 rings (SSSR count). The number of carbonyl (C=O) groups is 1. The van der Waals surface area contributed by atoms with Gasteiger partial charge in [-0.25, -0.2) is 4.98 Å². The van der Waals surface area contributed by atoms with Crippen LogP contribution in [0.25, 0.3) is 11.3 Å². The monoisotopic (exact) mass is 475 g/mol. The van der Waals surface area contributed by atoms with Crippen molar-refractivity contribution in [1.29, 1.82) is 0 Å². The zero-order valence-electron chi connectivity index (χ0n) is 19.7. The summed E-state index contributed by atoms with van der Waals surface area (Å²) in [6.45, 7) is 6.97. The predicted molar refractivity (Wildman–Crippen MR) is 137 cm³/mol. The van der Waals surface area contributed by atoms with E-state index in [1.54, 1.807) is 11.3 Å². The van der Waals surface area contributed by atoms with E-state index in [2.05, 4.69) is 29.4 Å². The third-order valence-electron chi connectivity index (χ3n) is 6.91. The molecule has 178 valence electrons. The summed E-state index contributed by atoms with van der Waals surface area (Å²) in [5.74, 6) is 0.106. The molecule has 7 heteroatoms. The van der Waals surface area contributed by atoms with Crippen molar-refractivity contribution in [3.8, 4) is 11.3 Å². The molecule has 0 radical (unpaired) electrons. The lowest BCUT2D eigenvalue weighted by Gasteiger charge is -2.25. The van der Waals surface area contributed by atoms with Gasteiger partial charge in [-0.3, -0.25) is 9.48 Å². The lowest BCUT2D eigenvalue weighted by Crippen LogP contribution is -2.36. The third kappa shape index (κ3) is 5.00. The molecule has 1 atom stereocenters. The summed E-state index contributed by atoms with van der Waals surface area (Å²) >= 11 is 1.70. The second-order valence-corrected chi connectivity index (χ2v) is 10.2. The van der Waals surface area contributed by atoms with E-state index in [0.717, 1.165) is 73.6 Å². The van der Waals surface area contributed by atoms with E-state index in [9.17, 15) is 4.79 Å².